The van der Waals surface area contributed by atoms with Crippen molar-refractivity contribution in [3.05, 3.63) is 39.8 Å². The Morgan fingerprint density at radius 3 is 2.35 bits per heavy atom. The van der Waals surface area contributed by atoms with Crippen LogP contribution >= 0.6 is 0 Å². The van der Waals surface area contributed by atoms with E-state index < -0.39 is 50.1 Å². The van der Waals surface area contributed by atoms with Gasteiger partial charge >= 0.3 is 0 Å². The van der Waals surface area contributed by atoms with Gasteiger partial charge in [0.1, 0.15) is 34.0 Å². The molecular formula is C20H21NO9S. The number of phenolic OH excluding ortho intramolecular Hbond substituents is 2. The summed E-state index contributed by atoms with van der Waals surface area (Å²) in [5.41, 5.74) is -2.14. The summed E-state index contributed by atoms with van der Waals surface area (Å²) < 4.78 is 36.3. The number of Topliss-reactive ketones (excluding diaryl/α,β-unsaturated/α-hetero) is 2. The summed E-state index contributed by atoms with van der Waals surface area (Å²) >= 11 is 0. The summed E-state index contributed by atoms with van der Waals surface area (Å²) in [6.07, 6.45) is 1.06. The van der Waals surface area contributed by atoms with Crippen LogP contribution < -0.4 is 10.1 Å². The standard InChI is InChI=1S/C20H21NO9S/c1-8-16(24)14(10(3)22)18-15(17(8)25)20(4)12(30-18)7-11(23)13(19(20)26)9(2)21-5-6-31(27,28)29/h7,21,24-25H,5-6H2,1-4H3,(H,27,28,29)/b13-9+/t20-/m0/s1. The number of allylic oxidation sites excluding steroid dienone is 4. The van der Waals surface area contributed by atoms with Crippen LogP contribution in [0, 0.1) is 6.92 Å². The summed E-state index contributed by atoms with van der Waals surface area (Å²) in [7, 11) is -4.25. The van der Waals surface area contributed by atoms with Crippen LogP contribution in [0.1, 0.15) is 42.3 Å². The molecule has 0 amide bonds. The van der Waals surface area contributed by atoms with E-state index in [9.17, 15) is 33.0 Å². The average Bonchev–Trinajstić information content (AvgIpc) is 2.92. The largest absolute Gasteiger partial charge is 0.507 e. The molecule has 1 aliphatic carbocycles. The van der Waals surface area contributed by atoms with Crippen molar-refractivity contribution in [2.75, 3.05) is 12.3 Å². The van der Waals surface area contributed by atoms with Crippen LogP contribution in [-0.4, -0.2) is 52.8 Å². The molecule has 0 fully saturated rings. The van der Waals surface area contributed by atoms with Crippen LogP contribution in [0.2, 0.25) is 0 Å². The number of rotatable bonds is 5. The second kappa shape index (κ2) is 7.20. The molecule has 1 atom stereocenters. The molecule has 0 aromatic heterocycles. The Morgan fingerprint density at radius 1 is 1.19 bits per heavy atom. The highest BCUT2D eigenvalue weighted by Crippen LogP contribution is 2.57. The highest BCUT2D eigenvalue weighted by Gasteiger charge is 2.56. The van der Waals surface area contributed by atoms with Crippen LogP contribution in [0.25, 0.3) is 0 Å². The molecular weight excluding hydrogens is 430 g/mol. The van der Waals surface area contributed by atoms with E-state index in [0.29, 0.717) is 0 Å². The molecule has 0 saturated heterocycles. The van der Waals surface area contributed by atoms with E-state index >= 15 is 0 Å². The minimum Gasteiger partial charge on any atom is -0.507 e. The van der Waals surface area contributed by atoms with Crippen molar-refractivity contribution in [2.45, 2.75) is 33.1 Å². The Labute approximate surface area is 178 Å². The second-order valence-electron chi connectivity index (χ2n) is 7.60. The van der Waals surface area contributed by atoms with Gasteiger partial charge in [-0.05, 0) is 27.7 Å². The van der Waals surface area contributed by atoms with Crippen molar-refractivity contribution in [2.24, 2.45) is 0 Å². The van der Waals surface area contributed by atoms with Gasteiger partial charge in [0.2, 0.25) is 0 Å². The maximum atomic E-state index is 13.5. The minimum absolute atomic E-state index is 0.0201. The van der Waals surface area contributed by atoms with Gasteiger partial charge in [-0.3, -0.25) is 18.9 Å². The molecule has 0 saturated carbocycles. The zero-order chi connectivity index (χ0) is 23.5. The van der Waals surface area contributed by atoms with Crippen molar-refractivity contribution in [3.63, 3.8) is 0 Å². The van der Waals surface area contributed by atoms with Crippen LogP contribution in [0.5, 0.6) is 17.2 Å². The molecule has 2 aliphatic rings. The average molecular weight is 451 g/mol. The molecule has 0 radical (unpaired) electrons. The number of hydrogen-bond acceptors (Lipinski definition) is 9. The summed E-state index contributed by atoms with van der Waals surface area (Å²) in [4.78, 5) is 38.3. The molecule has 10 nitrogen and oxygen atoms in total. The van der Waals surface area contributed by atoms with Crippen LogP contribution in [-0.2, 0) is 25.1 Å². The van der Waals surface area contributed by atoms with E-state index in [1.807, 2.05) is 0 Å². The van der Waals surface area contributed by atoms with Crippen molar-refractivity contribution >= 4 is 27.5 Å². The number of carbonyl (C=O) groups is 3. The van der Waals surface area contributed by atoms with E-state index in [-0.39, 0.29) is 46.0 Å². The van der Waals surface area contributed by atoms with Crippen molar-refractivity contribution in [3.8, 4) is 17.2 Å². The first-order valence-electron chi connectivity index (χ1n) is 9.20. The smallest absolute Gasteiger partial charge is 0.266 e. The highest BCUT2D eigenvalue weighted by atomic mass is 32.2. The topological polar surface area (TPSA) is 167 Å². The van der Waals surface area contributed by atoms with Gasteiger partial charge in [0.15, 0.2) is 17.3 Å². The van der Waals surface area contributed by atoms with Gasteiger partial charge in [-0.15, -0.1) is 0 Å². The van der Waals surface area contributed by atoms with Crippen molar-refractivity contribution < 1.29 is 42.3 Å². The Balaban J connectivity index is 2.19. The molecule has 4 N–H and O–H groups in total. The van der Waals surface area contributed by atoms with Crippen LogP contribution in [0.4, 0.5) is 0 Å². The second-order valence-corrected chi connectivity index (χ2v) is 9.17. The third-order valence-corrected chi connectivity index (χ3v) is 6.23. The van der Waals surface area contributed by atoms with Gasteiger partial charge in [-0.2, -0.15) is 8.42 Å². The molecule has 1 heterocycles. The zero-order valence-corrected chi connectivity index (χ0v) is 18.0. The molecule has 31 heavy (non-hydrogen) atoms. The fourth-order valence-electron chi connectivity index (χ4n) is 3.82. The lowest BCUT2D eigenvalue weighted by Gasteiger charge is -2.29. The number of carbonyl (C=O) groups excluding carboxylic acids is 3. The Kier molecular flexibility index (Phi) is 5.23. The quantitative estimate of drug-likeness (QED) is 0.220. The monoisotopic (exact) mass is 451 g/mol. The van der Waals surface area contributed by atoms with Gasteiger partial charge in [-0.25, -0.2) is 0 Å². The van der Waals surface area contributed by atoms with E-state index in [4.69, 9.17) is 9.29 Å². The number of nitrogens with one attached hydrogen (secondary N) is 1. The predicted molar refractivity (Wildman–Crippen MR) is 108 cm³/mol. The molecule has 1 aromatic carbocycles. The zero-order valence-electron chi connectivity index (χ0n) is 17.2. The lowest BCUT2D eigenvalue weighted by atomic mass is 9.70. The number of fused-ring (bicyclic) bond motifs is 3. The van der Waals surface area contributed by atoms with E-state index in [1.54, 1.807) is 0 Å². The van der Waals surface area contributed by atoms with E-state index in [2.05, 4.69) is 5.32 Å². The molecule has 1 aromatic rings. The minimum atomic E-state index is -4.25. The fourth-order valence-corrected chi connectivity index (χ4v) is 4.18. The first-order valence-corrected chi connectivity index (χ1v) is 10.8. The summed E-state index contributed by atoms with van der Waals surface area (Å²) in [5, 5.41) is 23.7. The summed E-state index contributed by atoms with van der Waals surface area (Å²) in [5.74, 6) is -3.86. The molecule has 11 heteroatoms. The highest BCUT2D eigenvalue weighted by molar-refractivity contribution is 7.85. The van der Waals surface area contributed by atoms with E-state index in [1.165, 1.54) is 27.7 Å². The number of aromatic hydroxyl groups is 2. The predicted octanol–water partition coefficient (Wildman–Crippen LogP) is 1.05. The first kappa shape index (κ1) is 22.5. The molecule has 0 spiro atoms. The fraction of sp³-hybridized carbons (Fsp3) is 0.350. The molecule has 3 rings (SSSR count). The lowest BCUT2D eigenvalue weighted by molar-refractivity contribution is -0.123. The van der Waals surface area contributed by atoms with Crippen LogP contribution in [0.3, 0.4) is 0 Å². The summed E-state index contributed by atoms with van der Waals surface area (Å²) in [6, 6.07) is 0. The number of benzene rings is 1. The number of phenols is 2. The first-order chi connectivity index (χ1) is 14.2. The Bertz CT molecular complexity index is 1220. The van der Waals surface area contributed by atoms with Gasteiger partial charge in [0.25, 0.3) is 10.1 Å². The maximum absolute atomic E-state index is 13.5. The summed E-state index contributed by atoms with van der Waals surface area (Å²) in [6.45, 7) is 5.14. The van der Waals surface area contributed by atoms with Crippen molar-refractivity contribution in [1.82, 2.24) is 5.32 Å². The van der Waals surface area contributed by atoms with Gasteiger partial charge in [-0.1, -0.05) is 0 Å². The third kappa shape index (κ3) is 3.39. The maximum Gasteiger partial charge on any atom is 0.266 e. The molecule has 0 unspecified atom stereocenters. The van der Waals surface area contributed by atoms with E-state index in [0.717, 1.165) is 6.08 Å². The SMILES string of the molecule is CC(=O)c1c(O)c(C)c(O)c2c1OC1=CC(=O)/C(=C(/C)NCCS(=O)(=O)O)C(=O)[C@@]12C. The van der Waals surface area contributed by atoms with Gasteiger partial charge < -0.3 is 20.3 Å². The Hall–Kier alpha value is -3.18. The molecule has 1 aliphatic heterocycles. The number of hydrogen-bond donors (Lipinski definition) is 4. The third-order valence-electron chi connectivity index (χ3n) is 5.51. The van der Waals surface area contributed by atoms with Gasteiger partial charge in [0.05, 0.1) is 16.9 Å². The molecule has 166 valence electrons. The number of ether oxygens (including phenoxy) is 1. The lowest BCUT2D eigenvalue weighted by Crippen LogP contribution is -2.41. The Morgan fingerprint density at radius 2 is 1.81 bits per heavy atom. The molecule has 0 bridgehead atoms. The van der Waals surface area contributed by atoms with Crippen molar-refractivity contribution in [1.29, 1.82) is 0 Å². The van der Waals surface area contributed by atoms with Gasteiger partial charge in [0, 0.05) is 23.9 Å². The van der Waals surface area contributed by atoms with Crippen LogP contribution in [0.15, 0.2) is 23.1 Å². The number of ketones is 3. The normalized spacial score (nSPS) is 21.8.